The van der Waals surface area contributed by atoms with E-state index < -0.39 is 11.7 Å². The third kappa shape index (κ3) is 7.09. The van der Waals surface area contributed by atoms with E-state index in [9.17, 15) is 18.7 Å². The second-order valence-corrected chi connectivity index (χ2v) is 10.8. The monoisotopic (exact) mass is 515 g/mol. The summed E-state index contributed by atoms with van der Waals surface area (Å²) in [5.74, 6) is -0.0940. The number of ether oxygens (including phenoxy) is 1. The molecule has 36 heavy (non-hydrogen) atoms. The molecule has 1 aliphatic rings. The van der Waals surface area contributed by atoms with E-state index in [0.717, 1.165) is 10.4 Å². The van der Waals surface area contributed by atoms with Crippen LogP contribution in [0.2, 0.25) is 0 Å². The molecule has 6 nitrogen and oxygen atoms in total. The summed E-state index contributed by atoms with van der Waals surface area (Å²) in [6.07, 6.45) is 2.78. The van der Waals surface area contributed by atoms with Gasteiger partial charge in [0.25, 0.3) is 0 Å². The molecule has 2 heterocycles. The van der Waals surface area contributed by atoms with Gasteiger partial charge < -0.3 is 15.2 Å². The molecule has 0 saturated carbocycles. The average Bonchev–Trinajstić information content (AvgIpc) is 3.25. The van der Waals surface area contributed by atoms with Crippen molar-refractivity contribution >= 4 is 22.4 Å². The van der Waals surface area contributed by atoms with Gasteiger partial charge in [0.15, 0.2) is 5.13 Å². The van der Waals surface area contributed by atoms with Gasteiger partial charge in [0, 0.05) is 30.6 Å². The molecule has 2 atom stereocenters. The molecule has 3 aromatic rings. The Bertz CT molecular complexity index is 1150. The Morgan fingerprint density at radius 2 is 1.86 bits per heavy atom. The zero-order valence-corrected chi connectivity index (χ0v) is 21.2. The SMILES string of the molecule is CC(C)C[C@]1(O)CCN(CC(=O)Nc2ncc(Cc3ccc(F)cc3)s2)C[C@@H]1Oc1ccc(F)cc1. The predicted octanol–water partition coefficient (Wildman–Crippen LogP) is 4.88. The number of hydrogen-bond acceptors (Lipinski definition) is 6. The summed E-state index contributed by atoms with van der Waals surface area (Å²) in [5, 5.41) is 14.7. The second kappa shape index (κ2) is 11.5. The lowest BCUT2D eigenvalue weighted by Gasteiger charge is -2.44. The van der Waals surface area contributed by atoms with Gasteiger partial charge in [0.05, 0.1) is 6.54 Å². The van der Waals surface area contributed by atoms with E-state index in [1.54, 1.807) is 30.5 Å². The standard InChI is InChI=1S/C27H31F2N3O3S/c1-18(2)14-27(34)11-12-32(16-24(27)35-22-9-7-21(29)8-10-22)17-25(33)31-26-30-15-23(36-26)13-19-3-5-20(28)6-4-19/h3-10,15,18,24,34H,11-14,16-17H2,1-2H3,(H,30,31,33)/t24-,27+/m0/s1. The molecule has 1 aromatic heterocycles. The summed E-state index contributed by atoms with van der Waals surface area (Å²) < 4.78 is 32.5. The minimum Gasteiger partial charge on any atom is -0.486 e. The van der Waals surface area contributed by atoms with Gasteiger partial charge in [-0.1, -0.05) is 26.0 Å². The fraction of sp³-hybridized carbons (Fsp3) is 0.407. The van der Waals surface area contributed by atoms with E-state index >= 15 is 0 Å². The summed E-state index contributed by atoms with van der Waals surface area (Å²) in [7, 11) is 0. The van der Waals surface area contributed by atoms with E-state index in [2.05, 4.69) is 10.3 Å². The highest BCUT2D eigenvalue weighted by Gasteiger charge is 2.43. The van der Waals surface area contributed by atoms with Crippen molar-refractivity contribution in [1.29, 1.82) is 0 Å². The number of thiazole rings is 1. The first-order chi connectivity index (χ1) is 17.2. The first-order valence-corrected chi connectivity index (χ1v) is 12.9. The zero-order chi connectivity index (χ0) is 25.7. The number of rotatable bonds is 9. The van der Waals surface area contributed by atoms with Gasteiger partial charge in [0.1, 0.15) is 29.1 Å². The Kier molecular flexibility index (Phi) is 8.33. The van der Waals surface area contributed by atoms with Crippen LogP contribution in [0.15, 0.2) is 54.7 Å². The molecule has 1 fully saturated rings. The van der Waals surface area contributed by atoms with Crippen LogP contribution in [0.5, 0.6) is 5.75 Å². The van der Waals surface area contributed by atoms with Crippen LogP contribution in [0.3, 0.4) is 0 Å². The van der Waals surface area contributed by atoms with Crippen molar-refractivity contribution in [3.8, 4) is 5.75 Å². The molecule has 0 unspecified atom stereocenters. The van der Waals surface area contributed by atoms with Gasteiger partial charge in [-0.2, -0.15) is 0 Å². The molecule has 1 saturated heterocycles. The first kappa shape index (κ1) is 26.2. The molecule has 192 valence electrons. The van der Waals surface area contributed by atoms with Crippen LogP contribution in [0.25, 0.3) is 0 Å². The number of benzene rings is 2. The Hall–Kier alpha value is -2.88. The van der Waals surface area contributed by atoms with Crippen molar-refractivity contribution in [3.63, 3.8) is 0 Å². The minimum atomic E-state index is -1.04. The topological polar surface area (TPSA) is 74.7 Å². The second-order valence-electron chi connectivity index (χ2n) is 9.73. The maximum absolute atomic E-state index is 13.3. The Balaban J connectivity index is 1.35. The van der Waals surface area contributed by atoms with Crippen LogP contribution < -0.4 is 10.1 Å². The lowest BCUT2D eigenvalue weighted by molar-refractivity contribution is -0.129. The number of amides is 1. The van der Waals surface area contributed by atoms with Crippen molar-refractivity contribution in [2.75, 3.05) is 25.0 Å². The van der Waals surface area contributed by atoms with E-state index in [1.165, 1.54) is 35.6 Å². The van der Waals surface area contributed by atoms with Gasteiger partial charge in [-0.3, -0.25) is 9.69 Å². The maximum atomic E-state index is 13.3. The quantitative estimate of drug-likeness (QED) is 0.425. The average molecular weight is 516 g/mol. The highest BCUT2D eigenvalue weighted by molar-refractivity contribution is 7.15. The Labute approximate surface area is 213 Å². The van der Waals surface area contributed by atoms with Crippen molar-refractivity contribution in [2.45, 2.75) is 44.8 Å². The number of hydrogen-bond donors (Lipinski definition) is 2. The zero-order valence-electron chi connectivity index (χ0n) is 20.4. The number of nitrogens with zero attached hydrogens (tertiary/aromatic N) is 2. The number of carbonyl (C=O) groups excluding carboxylic acids is 1. The number of likely N-dealkylation sites (tertiary alicyclic amines) is 1. The van der Waals surface area contributed by atoms with E-state index in [-0.39, 0.29) is 30.0 Å². The molecule has 1 aliphatic heterocycles. The smallest absolute Gasteiger partial charge is 0.240 e. The van der Waals surface area contributed by atoms with Gasteiger partial charge in [-0.05, 0) is 60.7 Å². The molecule has 2 N–H and O–H groups in total. The van der Waals surface area contributed by atoms with Crippen molar-refractivity contribution in [1.82, 2.24) is 9.88 Å². The molecule has 4 rings (SSSR count). The van der Waals surface area contributed by atoms with Crippen LogP contribution in [-0.2, 0) is 11.2 Å². The van der Waals surface area contributed by atoms with Crippen molar-refractivity contribution in [2.24, 2.45) is 5.92 Å². The molecular weight excluding hydrogens is 484 g/mol. The first-order valence-electron chi connectivity index (χ1n) is 12.0. The summed E-state index contributed by atoms with van der Waals surface area (Å²) in [4.78, 5) is 20.0. The van der Waals surface area contributed by atoms with Gasteiger partial charge >= 0.3 is 0 Å². The third-order valence-electron chi connectivity index (χ3n) is 6.20. The lowest BCUT2D eigenvalue weighted by atomic mass is 9.81. The summed E-state index contributed by atoms with van der Waals surface area (Å²) >= 11 is 1.38. The Morgan fingerprint density at radius 3 is 2.53 bits per heavy atom. The molecular formula is C27H31F2N3O3S. The lowest BCUT2D eigenvalue weighted by Crippen LogP contribution is -2.59. The number of nitrogens with one attached hydrogen (secondary N) is 1. The minimum absolute atomic E-state index is 0.133. The van der Waals surface area contributed by atoms with Crippen LogP contribution in [0.4, 0.5) is 13.9 Å². The molecule has 1 amide bonds. The van der Waals surface area contributed by atoms with Gasteiger partial charge in [0.2, 0.25) is 5.91 Å². The Morgan fingerprint density at radius 1 is 1.19 bits per heavy atom. The molecule has 0 radical (unpaired) electrons. The molecule has 0 aliphatic carbocycles. The highest BCUT2D eigenvalue weighted by atomic mass is 32.1. The largest absolute Gasteiger partial charge is 0.486 e. The summed E-state index contributed by atoms with van der Waals surface area (Å²) in [6, 6.07) is 12.0. The number of carbonyl (C=O) groups is 1. The van der Waals surface area contributed by atoms with E-state index in [0.29, 0.717) is 43.2 Å². The van der Waals surface area contributed by atoms with Crippen LogP contribution in [0, 0.1) is 17.6 Å². The van der Waals surface area contributed by atoms with Crippen LogP contribution in [0.1, 0.15) is 37.1 Å². The van der Waals surface area contributed by atoms with Crippen molar-refractivity contribution in [3.05, 3.63) is 76.8 Å². The van der Waals surface area contributed by atoms with Crippen LogP contribution in [-0.4, -0.2) is 52.2 Å². The maximum Gasteiger partial charge on any atom is 0.240 e. The number of piperidine rings is 1. The third-order valence-corrected chi connectivity index (χ3v) is 7.11. The van der Waals surface area contributed by atoms with E-state index in [4.69, 9.17) is 4.74 Å². The number of aromatic nitrogens is 1. The van der Waals surface area contributed by atoms with E-state index in [1.807, 2.05) is 18.7 Å². The molecule has 0 spiro atoms. The molecule has 9 heteroatoms. The summed E-state index contributed by atoms with van der Waals surface area (Å²) in [6.45, 7) is 5.14. The molecule has 2 aromatic carbocycles. The fourth-order valence-electron chi connectivity index (χ4n) is 4.53. The number of halogens is 2. The van der Waals surface area contributed by atoms with Gasteiger partial charge in [-0.25, -0.2) is 13.8 Å². The molecule has 0 bridgehead atoms. The van der Waals surface area contributed by atoms with Crippen molar-refractivity contribution < 1.29 is 23.4 Å². The predicted molar refractivity (Wildman–Crippen MR) is 136 cm³/mol. The highest BCUT2D eigenvalue weighted by Crippen LogP contribution is 2.32. The summed E-state index contributed by atoms with van der Waals surface area (Å²) in [5.41, 5.74) is -0.0765. The fourth-order valence-corrected chi connectivity index (χ4v) is 5.39. The van der Waals surface area contributed by atoms with Gasteiger partial charge in [-0.15, -0.1) is 11.3 Å². The number of aliphatic hydroxyl groups is 1. The number of anilines is 1. The van der Waals surface area contributed by atoms with Crippen LogP contribution >= 0.6 is 11.3 Å². The normalized spacial score (nSPS) is 20.4.